The van der Waals surface area contributed by atoms with Crippen molar-refractivity contribution in [2.24, 2.45) is 0 Å². The SMILES string of the molecule is CC1(C)NCc2ccc(Br)cc2[C@H]1Cc1ccccc1. The first kappa shape index (κ1) is 13.8. The second-order valence-corrected chi connectivity index (χ2v) is 7.08. The van der Waals surface area contributed by atoms with Gasteiger partial charge >= 0.3 is 0 Å². The molecule has 1 nitrogen and oxygen atoms in total. The Hall–Kier alpha value is -1.12. The minimum Gasteiger partial charge on any atom is -0.307 e. The number of benzene rings is 2. The van der Waals surface area contributed by atoms with E-state index in [0.717, 1.165) is 13.0 Å². The lowest BCUT2D eigenvalue weighted by Crippen LogP contribution is -2.48. The molecule has 0 amide bonds. The van der Waals surface area contributed by atoms with Crippen LogP contribution in [0.5, 0.6) is 0 Å². The molecular formula is C18H20BrN. The predicted molar refractivity (Wildman–Crippen MR) is 87.9 cm³/mol. The lowest BCUT2D eigenvalue weighted by molar-refractivity contribution is 0.292. The summed E-state index contributed by atoms with van der Waals surface area (Å²) >= 11 is 3.62. The predicted octanol–water partition coefficient (Wildman–Crippen LogP) is 4.66. The zero-order valence-electron chi connectivity index (χ0n) is 12.0. The summed E-state index contributed by atoms with van der Waals surface area (Å²) in [6, 6.07) is 17.5. The van der Waals surface area contributed by atoms with Gasteiger partial charge in [-0.2, -0.15) is 0 Å². The fourth-order valence-corrected chi connectivity index (χ4v) is 3.48. The van der Waals surface area contributed by atoms with Gasteiger partial charge in [0, 0.05) is 22.5 Å². The van der Waals surface area contributed by atoms with Crippen LogP contribution in [0, 0.1) is 0 Å². The molecule has 104 valence electrons. The summed E-state index contributed by atoms with van der Waals surface area (Å²) in [6.07, 6.45) is 1.07. The first-order chi connectivity index (χ1) is 9.56. The van der Waals surface area contributed by atoms with E-state index in [0.29, 0.717) is 5.92 Å². The molecule has 0 bridgehead atoms. The van der Waals surface area contributed by atoms with Crippen LogP contribution in [0.1, 0.15) is 36.5 Å². The number of hydrogen-bond acceptors (Lipinski definition) is 1. The average molecular weight is 330 g/mol. The van der Waals surface area contributed by atoms with Crippen LogP contribution in [0.15, 0.2) is 53.0 Å². The van der Waals surface area contributed by atoms with Crippen molar-refractivity contribution >= 4 is 15.9 Å². The molecule has 1 aliphatic rings. The third kappa shape index (κ3) is 2.68. The summed E-state index contributed by atoms with van der Waals surface area (Å²) < 4.78 is 1.17. The molecule has 2 aromatic rings. The maximum absolute atomic E-state index is 3.69. The Bertz CT molecular complexity index is 604. The van der Waals surface area contributed by atoms with Crippen molar-refractivity contribution in [3.8, 4) is 0 Å². The van der Waals surface area contributed by atoms with Gasteiger partial charge in [0.2, 0.25) is 0 Å². The zero-order chi connectivity index (χ0) is 14.2. The molecule has 0 saturated heterocycles. The maximum atomic E-state index is 3.69. The molecular weight excluding hydrogens is 310 g/mol. The van der Waals surface area contributed by atoms with Crippen LogP contribution in [0.3, 0.4) is 0 Å². The smallest absolute Gasteiger partial charge is 0.0213 e. The lowest BCUT2D eigenvalue weighted by atomic mass is 9.74. The van der Waals surface area contributed by atoms with E-state index in [-0.39, 0.29) is 5.54 Å². The quantitative estimate of drug-likeness (QED) is 0.845. The van der Waals surface area contributed by atoms with Gasteiger partial charge in [-0.05, 0) is 49.1 Å². The first-order valence-corrected chi connectivity index (χ1v) is 7.93. The van der Waals surface area contributed by atoms with Crippen molar-refractivity contribution in [2.75, 3.05) is 0 Å². The zero-order valence-corrected chi connectivity index (χ0v) is 13.6. The number of fused-ring (bicyclic) bond motifs is 1. The summed E-state index contributed by atoms with van der Waals surface area (Å²) in [5.41, 5.74) is 4.42. The largest absolute Gasteiger partial charge is 0.307 e. The van der Waals surface area contributed by atoms with Crippen LogP contribution in [0.2, 0.25) is 0 Å². The van der Waals surface area contributed by atoms with Gasteiger partial charge in [-0.25, -0.2) is 0 Å². The minimum atomic E-state index is 0.115. The van der Waals surface area contributed by atoms with Crippen molar-refractivity contribution in [3.63, 3.8) is 0 Å². The van der Waals surface area contributed by atoms with Crippen LogP contribution in [0.4, 0.5) is 0 Å². The van der Waals surface area contributed by atoms with E-state index in [9.17, 15) is 0 Å². The second-order valence-electron chi connectivity index (χ2n) is 6.16. The molecule has 2 aromatic carbocycles. The Morgan fingerprint density at radius 3 is 2.65 bits per heavy atom. The Balaban J connectivity index is 2.01. The first-order valence-electron chi connectivity index (χ1n) is 7.13. The van der Waals surface area contributed by atoms with Crippen LogP contribution in [-0.4, -0.2) is 5.54 Å². The van der Waals surface area contributed by atoms with Crippen LogP contribution in [0.25, 0.3) is 0 Å². The van der Waals surface area contributed by atoms with Gasteiger partial charge in [0.1, 0.15) is 0 Å². The molecule has 20 heavy (non-hydrogen) atoms. The molecule has 1 N–H and O–H groups in total. The topological polar surface area (TPSA) is 12.0 Å². The van der Waals surface area contributed by atoms with E-state index in [1.807, 2.05) is 0 Å². The summed E-state index contributed by atoms with van der Waals surface area (Å²) in [4.78, 5) is 0. The molecule has 0 spiro atoms. The van der Waals surface area contributed by atoms with E-state index in [4.69, 9.17) is 0 Å². The van der Waals surface area contributed by atoms with E-state index in [2.05, 4.69) is 83.6 Å². The third-order valence-electron chi connectivity index (χ3n) is 4.37. The molecule has 1 aliphatic heterocycles. The van der Waals surface area contributed by atoms with Crippen LogP contribution >= 0.6 is 15.9 Å². The van der Waals surface area contributed by atoms with Crippen molar-refractivity contribution in [1.82, 2.24) is 5.32 Å². The number of hydrogen-bond donors (Lipinski definition) is 1. The molecule has 0 radical (unpaired) electrons. The van der Waals surface area contributed by atoms with Gasteiger partial charge in [-0.3, -0.25) is 0 Å². The molecule has 0 aliphatic carbocycles. The molecule has 1 atom stereocenters. The van der Waals surface area contributed by atoms with E-state index in [1.54, 1.807) is 0 Å². The van der Waals surface area contributed by atoms with Crippen LogP contribution < -0.4 is 5.32 Å². The Labute approximate surface area is 129 Å². The molecule has 0 fully saturated rings. The van der Waals surface area contributed by atoms with E-state index < -0.39 is 0 Å². The summed E-state index contributed by atoms with van der Waals surface area (Å²) in [6.45, 7) is 5.58. The summed E-state index contributed by atoms with van der Waals surface area (Å²) in [5.74, 6) is 0.492. The highest BCUT2D eigenvalue weighted by Crippen LogP contribution is 2.38. The fourth-order valence-electron chi connectivity index (χ4n) is 3.10. The van der Waals surface area contributed by atoms with Gasteiger partial charge < -0.3 is 5.32 Å². The molecule has 0 saturated carbocycles. The molecule has 3 rings (SSSR count). The summed E-state index contributed by atoms with van der Waals surface area (Å²) in [7, 11) is 0. The number of nitrogens with one attached hydrogen (secondary N) is 1. The van der Waals surface area contributed by atoms with Gasteiger partial charge in [0.15, 0.2) is 0 Å². The second kappa shape index (κ2) is 5.34. The normalized spacial score (nSPS) is 20.4. The average Bonchev–Trinajstić information content (AvgIpc) is 2.43. The monoisotopic (exact) mass is 329 g/mol. The van der Waals surface area contributed by atoms with E-state index in [1.165, 1.54) is 21.2 Å². The number of rotatable bonds is 2. The Kier molecular flexibility index (Phi) is 3.70. The molecule has 0 aromatic heterocycles. The van der Waals surface area contributed by atoms with Crippen molar-refractivity contribution in [1.29, 1.82) is 0 Å². The van der Waals surface area contributed by atoms with Crippen LogP contribution in [-0.2, 0) is 13.0 Å². The highest BCUT2D eigenvalue weighted by atomic mass is 79.9. The maximum Gasteiger partial charge on any atom is 0.0213 e. The van der Waals surface area contributed by atoms with Crippen molar-refractivity contribution < 1.29 is 0 Å². The van der Waals surface area contributed by atoms with Gasteiger partial charge in [0.05, 0.1) is 0 Å². The fraction of sp³-hybridized carbons (Fsp3) is 0.333. The standard InChI is InChI=1S/C18H20BrN/c1-18(2)17(10-13-6-4-3-5-7-13)16-11-15(19)9-8-14(16)12-20-18/h3-9,11,17,20H,10,12H2,1-2H3/t17-/m1/s1. The van der Waals surface area contributed by atoms with Gasteiger partial charge in [0.25, 0.3) is 0 Å². The third-order valence-corrected chi connectivity index (χ3v) is 4.86. The van der Waals surface area contributed by atoms with Gasteiger partial charge in [-0.15, -0.1) is 0 Å². The van der Waals surface area contributed by atoms with Gasteiger partial charge in [-0.1, -0.05) is 52.3 Å². The van der Waals surface area contributed by atoms with E-state index >= 15 is 0 Å². The number of halogens is 1. The molecule has 0 unspecified atom stereocenters. The Morgan fingerprint density at radius 2 is 1.90 bits per heavy atom. The highest BCUT2D eigenvalue weighted by Gasteiger charge is 2.35. The Morgan fingerprint density at radius 1 is 1.15 bits per heavy atom. The van der Waals surface area contributed by atoms with Crippen molar-refractivity contribution in [3.05, 3.63) is 69.7 Å². The molecule has 2 heteroatoms. The summed E-state index contributed by atoms with van der Waals surface area (Å²) in [5, 5.41) is 3.69. The molecule has 1 heterocycles. The van der Waals surface area contributed by atoms with Crippen molar-refractivity contribution in [2.45, 2.75) is 38.3 Å². The highest BCUT2D eigenvalue weighted by molar-refractivity contribution is 9.10. The minimum absolute atomic E-state index is 0.115. The lowest BCUT2D eigenvalue weighted by Gasteiger charge is -2.41.